The molecule has 2 aliphatic carbocycles. The van der Waals surface area contributed by atoms with Crippen LogP contribution in [-0.2, 0) is 0 Å². The highest BCUT2D eigenvalue weighted by atomic mass is 19.4. The van der Waals surface area contributed by atoms with Gasteiger partial charge in [-0.2, -0.15) is 13.2 Å². The summed E-state index contributed by atoms with van der Waals surface area (Å²) in [5.74, 6) is 1.01. The van der Waals surface area contributed by atoms with Crippen molar-refractivity contribution < 1.29 is 13.2 Å². The summed E-state index contributed by atoms with van der Waals surface area (Å²) in [5, 5.41) is 3.72. The number of alkyl halides is 3. The van der Waals surface area contributed by atoms with Crippen LogP contribution in [-0.4, -0.2) is 18.3 Å². The Hall–Kier alpha value is -0.250. The molecule has 2 rings (SSSR count). The van der Waals surface area contributed by atoms with Crippen molar-refractivity contribution in [3.63, 3.8) is 0 Å². The van der Waals surface area contributed by atoms with E-state index in [2.05, 4.69) is 26.1 Å². The minimum absolute atomic E-state index is 0.292. The lowest BCUT2D eigenvalue weighted by atomic mass is 9.73. The van der Waals surface area contributed by atoms with Crippen molar-refractivity contribution in [2.75, 3.05) is 0 Å². The Morgan fingerprint density at radius 2 is 1.57 bits per heavy atom. The summed E-state index contributed by atoms with van der Waals surface area (Å²) >= 11 is 0. The Bertz CT molecular complexity index is 318. The van der Waals surface area contributed by atoms with Crippen LogP contribution in [0.3, 0.4) is 0 Å². The zero-order valence-corrected chi connectivity index (χ0v) is 13.5. The maximum absolute atomic E-state index is 12.7. The Labute approximate surface area is 127 Å². The van der Waals surface area contributed by atoms with E-state index in [4.69, 9.17) is 0 Å². The molecule has 0 radical (unpaired) electrons. The highest BCUT2D eigenvalue weighted by Crippen LogP contribution is 2.39. The Morgan fingerprint density at radius 3 is 2.10 bits per heavy atom. The van der Waals surface area contributed by atoms with Crippen molar-refractivity contribution in [1.82, 2.24) is 5.32 Å². The van der Waals surface area contributed by atoms with Gasteiger partial charge in [0.05, 0.1) is 5.92 Å². The molecule has 2 saturated carbocycles. The van der Waals surface area contributed by atoms with E-state index in [1.165, 1.54) is 19.3 Å². The summed E-state index contributed by atoms with van der Waals surface area (Å²) < 4.78 is 38.2. The van der Waals surface area contributed by atoms with Crippen LogP contribution in [0.25, 0.3) is 0 Å². The highest BCUT2D eigenvalue weighted by Gasteiger charge is 2.42. The van der Waals surface area contributed by atoms with Gasteiger partial charge in [-0.25, -0.2) is 0 Å². The van der Waals surface area contributed by atoms with E-state index in [1.807, 2.05) is 0 Å². The fourth-order valence-corrected chi connectivity index (χ4v) is 4.28. The molecule has 2 fully saturated rings. The van der Waals surface area contributed by atoms with Crippen LogP contribution in [0.4, 0.5) is 13.2 Å². The second-order valence-electron chi connectivity index (χ2n) is 7.69. The summed E-state index contributed by atoms with van der Waals surface area (Å²) in [5.41, 5.74) is 0. The normalized spacial score (nSPS) is 38.7. The lowest BCUT2D eigenvalue weighted by Gasteiger charge is -2.41. The number of nitrogens with one attached hydrogen (secondary N) is 1. The summed E-state index contributed by atoms with van der Waals surface area (Å²) in [4.78, 5) is 0. The van der Waals surface area contributed by atoms with Crippen LogP contribution in [0.1, 0.15) is 65.7 Å². The number of halogens is 3. The molecule has 3 atom stereocenters. The van der Waals surface area contributed by atoms with E-state index in [-0.39, 0.29) is 0 Å². The molecule has 0 spiro atoms. The average Bonchev–Trinajstić information content (AvgIpc) is 2.38. The van der Waals surface area contributed by atoms with Gasteiger partial charge in [-0.15, -0.1) is 0 Å². The quantitative estimate of drug-likeness (QED) is 0.759. The highest BCUT2D eigenvalue weighted by molar-refractivity contribution is 4.89. The van der Waals surface area contributed by atoms with Crippen LogP contribution in [0.2, 0.25) is 0 Å². The fourth-order valence-electron chi connectivity index (χ4n) is 4.28. The minimum Gasteiger partial charge on any atom is -0.311 e. The fraction of sp³-hybridized carbons (Fsp3) is 1.00. The molecule has 0 aromatic heterocycles. The molecule has 0 aromatic carbocycles. The van der Waals surface area contributed by atoms with Crippen molar-refractivity contribution in [3.8, 4) is 0 Å². The molecule has 0 saturated heterocycles. The van der Waals surface area contributed by atoms with Crippen LogP contribution >= 0.6 is 0 Å². The second kappa shape index (κ2) is 6.89. The molecule has 1 N–H and O–H groups in total. The first kappa shape index (κ1) is 17.1. The summed E-state index contributed by atoms with van der Waals surface area (Å²) in [6.07, 6.45) is 1.70. The van der Waals surface area contributed by atoms with E-state index >= 15 is 0 Å². The molecular weight excluding hydrogens is 275 g/mol. The molecule has 0 aliphatic heterocycles. The van der Waals surface area contributed by atoms with E-state index in [0.29, 0.717) is 49.6 Å². The van der Waals surface area contributed by atoms with Gasteiger partial charge in [0.2, 0.25) is 0 Å². The first-order valence-corrected chi connectivity index (χ1v) is 8.60. The topological polar surface area (TPSA) is 12.0 Å². The Balaban J connectivity index is 1.86. The van der Waals surface area contributed by atoms with Gasteiger partial charge in [-0.05, 0) is 56.3 Å². The lowest BCUT2D eigenvalue weighted by Crippen LogP contribution is -2.49. The van der Waals surface area contributed by atoms with Crippen molar-refractivity contribution in [1.29, 1.82) is 0 Å². The van der Waals surface area contributed by atoms with Gasteiger partial charge in [0.1, 0.15) is 0 Å². The molecule has 0 amide bonds. The molecule has 0 bridgehead atoms. The van der Waals surface area contributed by atoms with Crippen molar-refractivity contribution in [2.24, 2.45) is 23.7 Å². The van der Waals surface area contributed by atoms with Gasteiger partial charge >= 0.3 is 6.18 Å². The summed E-state index contributed by atoms with van der Waals surface area (Å²) in [6, 6.07) is 0.793. The smallest absolute Gasteiger partial charge is 0.311 e. The molecule has 0 aromatic rings. The van der Waals surface area contributed by atoms with Gasteiger partial charge in [0.15, 0.2) is 0 Å². The minimum atomic E-state index is -4.00. The zero-order valence-electron chi connectivity index (χ0n) is 13.5. The third-order valence-electron chi connectivity index (χ3n) is 5.66. The van der Waals surface area contributed by atoms with Crippen LogP contribution in [0, 0.1) is 23.7 Å². The first-order valence-electron chi connectivity index (χ1n) is 8.60. The molecule has 0 heterocycles. The van der Waals surface area contributed by atoms with Gasteiger partial charge < -0.3 is 5.32 Å². The van der Waals surface area contributed by atoms with Crippen molar-refractivity contribution in [2.45, 2.75) is 84.0 Å². The first-order chi connectivity index (χ1) is 9.77. The predicted octanol–water partition coefficient (Wildman–Crippen LogP) is 5.16. The van der Waals surface area contributed by atoms with E-state index in [9.17, 15) is 13.2 Å². The maximum Gasteiger partial charge on any atom is 0.391 e. The maximum atomic E-state index is 12.7. The molecule has 3 unspecified atom stereocenters. The largest absolute Gasteiger partial charge is 0.391 e. The van der Waals surface area contributed by atoms with Crippen molar-refractivity contribution >= 4 is 0 Å². The predicted molar refractivity (Wildman–Crippen MR) is 80.1 cm³/mol. The number of rotatable bonds is 3. The molecular formula is C17H30F3N. The van der Waals surface area contributed by atoms with Gasteiger partial charge in [-0.3, -0.25) is 0 Å². The SMILES string of the molecule is CC1CCC(C(C)C)C(NC2CCC(C(F)(F)F)CC2)C1. The summed E-state index contributed by atoms with van der Waals surface area (Å²) in [7, 11) is 0. The zero-order chi connectivity index (χ0) is 15.6. The summed E-state index contributed by atoms with van der Waals surface area (Å²) in [6.45, 7) is 6.84. The molecule has 21 heavy (non-hydrogen) atoms. The third-order valence-corrected chi connectivity index (χ3v) is 5.66. The monoisotopic (exact) mass is 305 g/mol. The molecule has 4 heteroatoms. The average molecular weight is 305 g/mol. The molecule has 1 nitrogen and oxygen atoms in total. The Morgan fingerprint density at radius 1 is 0.952 bits per heavy atom. The van der Waals surface area contributed by atoms with E-state index in [1.54, 1.807) is 0 Å². The van der Waals surface area contributed by atoms with E-state index in [0.717, 1.165) is 5.92 Å². The second-order valence-corrected chi connectivity index (χ2v) is 7.69. The van der Waals surface area contributed by atoms with Crippen LogP contribution in [0.15, 0.2) is 0 Å². The molecule has 2 aliphatic rings. The van der Waals surface area contributed by atoms with Crippen molar-refractivity contribution in [3.05, 3.63) is 0 Å². The van der Waals surface area contributed by atoms with Gasteiger partial charge in [0, 0.05) is 12.1 Å². The van der Waals surface area contributed by atoms with Gasteiger partial charge in [0.25, 0.3) is 0 Å². The Kier molecular flexibility index (Phi) is 5.61. The molecule has 124 valence electrons. The third kappa shape index (κ3) is 4.61. The van der Waals surface area contributed by atoms with Crippen LogP contribution < -0.4 is 5.32 Å². The number of hydrogen-bond acceptors (Lipinski definition) is 1. The van der Waals surface area contributed by atoms with Crippen LogP contribution in [0.5, 0.6) is 0 Å². The lowest BCUT2D eigenvalue weighted by molar-refractivity contribution is -0.183. The van der Waals surface area contributed by atoms with E-state index < -0.39 is 12.1 Å². The number of hydrogen-bond donors (Lipinski definition) is 1. The standard InChI is InChI=1S/C17H30F3N/c1-11(2)15-9-4-12(3)10-16(15)21-14-7-5-13(6-8-14)17(18,19)20/h11-16,21H,4-10H2,1-3H3. The van der Waals surface area contributed by atoms with Gasteiger partial charge in [-0.1, -0.05) is 27.2 Å².